The van der Waals surface area contributed by atoms with Crippen molar-refractivity contribution in [3.63, 3.8) is 0 Å². The molecule has 1 aliphatic rings. The zero-order valence-corrected chi connectivity index (χ0v) is 11.4. The van der Waals surface area contributed by atoms with Crippen LogP contribution in [0.2, 0.25) is 0 Å². The third kappa shape index (κ3) is 3.27. The number of carboxylic acid groups (broad SMARTS) is 1. The number of carboxylic acids is 1. The molecule has 0 saturated carbocycles. The number of nitro groups is 1. The van der Waals surface area contributed by atoms with Crippen LogP contribution in [-0.4, -0.2) is 34.8 Å². The first-order chi connectivity index (χ1) is 9.82. The van der Waals surface area contributed by atoms with Crippen molar-refractivity contribution in [3.05, 3.63) is 33.6 Å². The molecule has 2 rings (SSSR count). The van der Waals surface area contributed by atoms with Gasteiger partial charge in [-0.05, 0) is 25.8 Å². The Morgan fingerprint density at radius 3 is 2.86 bits per heavy atom. The van der Waals surface area contributed by atoms with Crippen molar-refractivity contribution < 1.29 is 24.0 Å². The minimum Gasteiger partial charge on any atom is -0.478 e. The summed E-state index contributed by atoms with van der Waals surface area (Å²) in [7, 11) is 0. The van der Waals surface area contributed by atoms with Crippen molar-refractivity contribution in [2.24, 2.45) is 0 Å². The monoisotopic (exact) mass is 298 g/mol. The lowest BCUT2D eigenvalue weighted by molar-refractivity contribution is -0.384. The third-order valence-corrected chi connectivity index (χ3v) is 3.47. The summed E-state index contributed by atoms with van der Waals surface area (Å²) in [5, 5.41) is 22.6. The molecule has 1 aromatic rings. The van der Waals surface area contributed by atoms with E-state index in [4.69, 9.17) is 9.84 Å². The average molecular weight is 298 g/mol. The van der Waals surface area contributed by atoms with Crippen LogP contribution in [0.5, 0.6) is 0 Å². The number of hydrogen-bond acceptors (Lipinski definition) is 5. The molecule has 1 unspecified atom stereocenters. The van der Waals surface area contributed by atoms with Crippen molar-refractivity contribution in [3.8, 4) is 0 Å². The van der Waals surface area contributed by atoms with Crippen molar-refractivity contribution in [1.29, 1.82) is 0 Å². The smallest absolute Gasteiger partial charge is 0.338 e. The van der Waals surface area contributed by atoms with E-state index in [1.165, 1.54) is 0 Å². The molecule has 1 atom stereocenters. The Morgan fingerprint density at radius 2 is 2.33 bits per heavy atom. The molecule has 2 N–H and O–H groups in total. The van der Waals surface area contributed by atoms with Gasteiger partial charge in [0.1, 0.15) is 11.5 Å². The normalized spacial score (nSPS) is 21.2. The summed E-state index contributed by atoms with van der Waals surface area (Å²) < 4.78 is 19.1. The fourth-order valence-corrected chi connectivity index (χ4v) is 2.28. The number of carbonyl (C=O) groups is 1. The SMILES string of the molecule is CC1(CNc2cc(C(=O)O)c(F)cc2[N+](=O)[O-])CCCO1. The average Bonchev–Trinajstić information content (AvgIpc) is 2.83. The van der Waals surface area contributed by atoms with Gasteiger partial charge in [0.05, 0.1) is 22.2 Å². The lowest BCUT2D eigenvalue weighted by Crippen LogP contribution is -2.32. The van der Waals surface area contributed by atoms with Crippen LogP contribution in [0, 0.1) is 15.9 Å². The number of halogens is 1. The Bertz CT molecular complexity index is 584. The van der Waals surface area contributed by atoms with Gasteiger partial charge in [0.2, 0.25) is 0 Å². The zero-order chi connectivity index (χ0) is 15.6. The van der Waals surface area contributed by atoms with Crippen LogP contribution in [0.3, 0.4) is 0 Å². The van der Waals surface area contributed by atoms with Gasteiger partial charge < -0.3 is 15.2 Å². The highest BCUT2D eigenvalue weighted by Gasteiger charge is 2.31. The lowest BCUT2D eigenvalue weighted by atomic mass is 10.0. The van der Waals surface area contributed by atoms with Gasteiger partial charge in [0.25, 0.3) is 5.69 Å². The summed E-state index contributed by atoms with van der Waals surface area (Å²) in [5.74, 6) is -2.61. The molecular formula is C13H15FN2O5. The van der Waals surface area contributed by atoms with Crippen LogP contribution in [-0.2, 0) is 4.74 Å². The minimum atomic E-state index is -1.48. The van der Waals surface area contributed by atoms with Crippen molar-refractivity contribution in [1.82, 2.24) is 0 Å². The number of hydrogen-bond donors (Lipinski definition) is 2. The van der Waals surface area contributed by atoms with E-state index >= 15 is 0 Å². The van der Waals surface area contributed by atoms with Gasteiger partial charge in [-0.2, -0.15) is 0 Å². The summed E-state index contributed by atoms with van der Waals surface area (Å²) in [6.45, 7) is 2.75. The Labute approximate surface area is 119 Å². The van der Waals surface area contributed by atoms with Crippen molar-refractivity contribution in [2.45, 2.75) is 25.4 Å². The molecule has 0 aromatic heterocycles. The Hall–Kier alpha value is -2.22. The van der Waals surface area contributed by atoms with E-state index in [1.807, 2.05) is 6.92 Å². The molecule has 1 heterocycles. The molecule has 1 aliphatic heterocycles. The topological polar surface area (TPSA) is 102 Å². The molecule has 114 valence electrons. The second kappa shape index (κ2) is 5.65. The maximum absolute atomic E-state index is 13.5. The fourth-order valence-electron chi connectivity index (χ4n) is 2.28. The van der Waals surface area contributed by atoms with E-state index in [1.54, 1.807) is 0 Å². The first kappa shape index (κ1) is 15.2. The molecule has 0 spiro atoms. The van der Waals surface area contributed by atoms with Crippen LogP contribution >= 0.6 is 0 Å². The molecule has 7 nitrogen and oxygen atoms in total. The molecule has 21 heavy (non-hydrogen) atoms. The highest BCUT2D eigenvalue weighted by molar-refractivity contribution is 5.90. The summed E-state index contributed by atoms with van der Waals surface area (Å²) >= 11 is 0. The molecule has 0 amide bonds. The molecule has 0 radical (unpaired) electrons. The Kier molecular flexibility index (Phi) is 4.08. The molecule has 0 bridgehead atoms. The predicted octanol–water partition coefficient (Wildman–Crippen LogP) is 2.41. The number of nitrogens with zero attached hydrogens (tertiary/aromatic N) is 1. The third-order valence-electron chi connectivity index (χ3n) is 3.47. The quantitative estimate of drug-likeness (QED) is 0.639. The van der Waals surface area contributed by atoms with Crippen LogP contribution < -0.4 is 5.32 Å². The van der Waals surface area contributed by atoms with Gasteiger partial charge in [-0.3, -0.25) is 10.1 Å². The zero-order valence-electron chi connectivity index (χ0n) is 11.4. The first-order valence-corrected chi connectivity index (χ1v) is 6.41. The number of rotatable bonds is 5. The largest absolute Gasteiger partial charge is 0.478 e. The van der Waals surface area contributed by atoms with E-state index in [2.05, 4.69) is 5.32 Å². The van der Waals surface area contributed by atoms with E-state index in [-0.39, 0.29) is 12.2 Å². The second-order valence-electron chi connectivity index (χ2n) is 5.17. The molecule has 1 aromatic carbocycles. The summed E-state index contributed by atoms with van der Waals surface area (Å²) in [4.78, 5) is 21.1. The van der Waals surface area contributed by atoms with E-state index in [9.17, 15) is 19.3 Å². The van der Waals surface area contributed by atoms with Crippen LogP contribution in [0.25, 0.3) is 0 Å². The molecule has 0 aliphatic carbocycles. The highest BCUT2D eigenvalue weighted by Crippen LogP contribution is 2.30. The Balaban J connectivity index is 2.29. The number of nitro benzene ring substituents is 1. The van der Waals surface area contributed by atoms with E-state index in [0.29, 0.717) is 12.7 Å². The van der Waals surface area contributed by atoms with Gasteiger partial charge in [0, 0.05) is 13.2 Å². The van der Waals surface area contributed by atoms with Crippen LogP contribution in [0.4, 0.5) is 15.8 Å². The van der Waals surface area contributed by atoms with E-state index in [0.717, 1.165) is 18.9 Å². The summed E-state index contributed by atoms with van der Waals surface area (Å²) in [5.41, 5.74) is -1.61. The first-order valence-electron chi connectivity index (χ1n) is 6.41. The van der Waals surface area contributed by atoms with Gasteiger partial charge in [-0.1, -0.05) is 0 Å². The standard InChI is InChI=1S/C13H15FN2O5/c1-13(3-2-4-21-13)7-15-10-5-8(12(17)18)9(14)6-11(10)16(19)20/h5-6,15H,2-4,7H2,1H3,(H,17,18). The van der Waals surface area contributed by atoms with Crippen LogP contribution in [0.1, 0.15) is 30.1 Å². The lowest BCUT2D eigenvalue weighted by Gasteiger charge is -2.24. The maximum Gasteiger partial charge on any atom is 0.338 e. The van der Waals surface area contributed by atoms with Crippen molar-refractivity contribution >= 4 is 17.3 Å². The fraction of sp³-hybridized carbons (Fsp3) is 0.462. The molecule has 1 fully saturated rings. The predicted molar refractivity (Wildman–Crippen MR) is 72.1 cm³/mol. The van der Waals surface area contributed by atoms with Gasteiger partial charge in [0.15, 0.2) is 0 Å². The maximum atomic E-state index is 13.5. The number of nitrogens with one attached hydrogen (secondary N) is 1. The molecular weight excluding hydrogens is 283 g/mol. The molecule has 8 heteroatoms. The van der Waals surface area contributed by atoms with Crippen molar-refractivity contribution in [2.75, 3.05) is 18.5 Å². The summed E-state index contributed by atoms with van der Waals surface area (Å²) in [6, 6.07) is 1.55. The number of ether oxygens (including phenoxy) is 1. The highest BCUT2D eigenvalue weighted by atomic mass is 19.1. The van der Waals surface area contributed by atoms with Gasteiger partial charge >= 0.3 is 5.97 Å². The number of benzene rings is 1. The van der Waals surface area contributed by atoms with Gasteiger partial charge in [-0.15, -0.1) is 0 Å². The number of anilines is 1. The van der Waals surface area contributed by atoms with Crippen LogP contribution in [0.15, 0.2) is 12.1 Å². The summed E-state index contributed by atoms with van der Waals surface area (Å²) in [6.07, 6.45) is 1.69. The van der Waals surface area contributed by atoms with E-state index < -0.39 is 33.6 Å². The Morgan fingerprint density at radius 1 is 1.62 bits per heavy atom. The number of aromatic carboxylic acids is 1. The van der Waals surface area contributed by atoms with Gasteiger partial charge in [-0.25, -0.2) is 9.18 Å². The second-order valence-corrected chi connectivity index (χ2v) is 5.17. The molecule has 1 saturated heterocycles. The minimum absolute atomic E-state index is 0.0319.